The van der Waals surface area contributed by atoms with Gasteiger partial charge < -0.3 is 10.6 Å². The summed E-state index contributed by atoms with van der Waals surface area (Å²) in [5, 5.41) is 0. The molecule has 2 amide bonds. The summed E-state index contributed by atoms with van der Waals surface area (Å²) in [7, 11) is 0. The molecule has 1 rings (SSSR count). The average Bonchev–Trinajstić information content (AvgIpc) is 2.27. The van der Waals surface area contributed by atoms with E-state index in [1.807, 2.05) is 13.8 Å². The van der Waals surface area contributed by atoms with Crippen LogP contribution in [-0.2, 0) is 9.59 Å². The van der Waals surface area contributed by atoms with Crippen LogP contribution in [0.3, 0.4) is 0 Å². The third kappa shape index (κ3) is 3.20. The molecule has 1 heterocycles. The Hall–Kier alpha value is -0.580. The predicted molar refractivity (Wildman–Crippen MR) is 66.1 cm³/mol. The number of likely N-dealkylation sites (tertiary alicyclic amines) is 1. The fourth-order valence-corrected chi connectivity index (χ4v) is 2.16. The molecule has 1 fully saturated rings. The van der Waals surface area contributed by atoms with Crippen molar-refractivity contribution >= 4 is 27.7 Å². The van der Waals surface area contributed by atoms with Crippen molar-refractivity contribution in [2.45, 2.75) is 31.5 Å². The summed E-state index contributed by atoms with van der Waals surface area (Å²) in [6, 6.07) is 0. The Bertz CT molecular complexity index is 281. The molecule has 2 N–H and O–H groups in total. The van der Waals surface area contributed by atoms with Gasteiger partial charge >= 0.3 is 0 Å². The normalized spacial score (nSPS) is 23.2. The molecule has 0 aliphatic carbocycles. The smallest absolute Gasteiger partial charge is 0.236 e. The van der Waals surface area contributed by atoms with E-state index in [1.165, 1.54) is 0 Å². The van der Waals surface area contributed by atoms with Gasteiger partial charge in [-0.1, -0.05) is 29.8 Å². The number of amides is 2. The highest BCUT2D eigenvalue weighted by Crippen LogP contribution is 2.21. The first-order chi connectivity index (χ1) is 7.43. The molecule has 92 valence electrons. The predicted octanol–water partition coefficient (Wildman–Crippen LogP) is 1.13. The fraction of sp³-hybridized carbons (Fsp3) is 0.818. The maximum atomic E-state index is 12.0. The molecule has 0 saturated carbocycles. The molecule has 1 aliphatic rings. The van der Waals surface area contributed by atoms with Crippen LogP contribution in [0.4, 0.5) is 0 Å². The zero-order valence-corrected chi connectivity index (χ0v) is 11.4. The molecule has 5 heteroatoms. The fourth-order valence-electron chi connectivity index (χ4n) is 1.87. The summed E-state index contributed by atoms with van der Waals surface area (Å²) in [5.41, 5.74) is 5.28. The lowest BCUT2D eigenvalue weighted by Gasteiger charge is -2.33. The Morgan fingerprint density at radius 3 is 2.56 bits per heavy atom. The van der Waals surface area contributed by atoms with Crippen LogP contribution in [-0.4, -0.2) is 34.6 Å². The molecule has 0 aromatic heterocycles. The zero-order valence-electron chi connectivity index (χ0n) is 9.78. The Balaban J connectivity index is 2.60. The van der Waals surface area contributed by atoms with Crippen molar-refractivity contribution in [2.75, 3.05) is 13.1 Å². The molecule has 1 aliphatic heterocycles. The van der Waals surface area contributed by atoms with E-state index in [9.17, 15) is 9.59 Å². The minimum atomic E-state index is -0.298. The minimum Gasteiger partial charge on any atom is -0.369 e. The van der Waals surface area contributed by atoms with Gasteiger partial charge in [0.1, 0.15) is 0 Å². The molecule has 0 radical (unpaired) electrons. The number of nitrogens with two attached hydrogens (primary N) is 1. The van der Waals surface area contributed by atoms with Gasteiger partial charge in [-0.25, -0.2) is 0 Å². The SMILES string of the molecule is CC(C)[C@@H](Br)C(=O)N1CCC[C@H](C(N)=O)C1. The van der Waals surface area contributed by atoms with Crippen LogP contribution in [0.1, 0.15) is 26.7 Å². The molecular weight excluding hydrogens is 272 g/mol. The largest absolute Gasteiger partial charge is 0.369 e. The Labute approximate surface area is 105 Å². The second kappa shape index (κ2) is 5.66. The van der Waals surface area contributed by atoms with Crippen molar-refractivity contribution in [3.8, 4) is 0 Å². The Kier molecular flexibility index (Phi) is 4.77. The number of alkyl halides is 1. The average molecular weight is 291 g/mol. The van der Waals surface area contributed by atoms with E-state index >= 15 is 0 Å². The highest BCUT2D eigenvalue weighted by Gasteiger charge is 2.30. The van der Waals surface area contributed by atoms with Crippen molar-refractivity contribution in [3.05, 3.63) is 0 Å². The molecule has 0 unspecified atom stereocenters. The number of hydrogen-bond acceptors (Lipinski definition) is 2. The molecule has 2 atom stereocenters. The van der Waals surface area contributed by atoms with Gasteiger partial charge in [-0.2, -0.15) is 0 Å². The first kappa shape index (κ1) is 13.5. The van der Waals surface area contributed by atoms with Crippen LogP contribution < -0.4 is 5.73 Å². The van der Waals surface area contributed by atoms with Crippen molar-refractivity contribution < 1.29 is 9.59 Å². The van der Waals surface area contributed by atoms with Gasteiger partial charge in [0.25, 0.3) is 0 Å². The number of carbonyl (C=O) groups excluding carboxylic acids is 2. The van der Waals surface area contributed by atoms with E-state index in [2.05, 4.69) is 15.9 Å². The van der Waals surface area contributed by atoms with Gasteiger partial charge in [0.05, 0.1) is 10.7 Å². The van der Waals surface area contributed by atoms with E-state index in [-0.39, 0.29) is 28.5 Å². The van der Waals surface area contributed by atoms with Gasteiger partial charge in [-0.05, 0) is 18.8 Å². The summed E-state index contributed by atoms with van der Waals surface area (Å²) in [4.78, 5) is 24.7. The van der Waals surface area contributed by atoms with Crippen molar-refractivity contribution in [2.24, 2.45) is 17.6 Å². The Morgan fingerprint density at radius 2 is 2.06 bits per heavy atom. The topological polar surface area (TPSA) is 63.4 Å². The standard InChI is InChI=1S/C11H19BrN2O2/c1-7(2)9(12)11(16)14-5-3-4-8(6-14)10(13)15/h7-9H,3-6H2,1-2H3,(H2,13,15)/t8-,9+/m0/s1. The number of nitrogens with zero attached hydrogens (tertiary/aromatic N) is 1. The third-order valence-corrected chi connectivity index (χ3v) is 4.41. The van der Waals surface area contributed by atoms with Crippen LogP contribution in [0.15, 0.2) is 0 Å². The van der Waals surface area contributed by atoms with Gasteiger partial charge in [0, 0.05) is 13.1 Å². The minimum absolute atomic E-state index is 0.0703. The molecule has 0 spiro atoms. The molecular formula is C11H19BrN2O2. The maximum Gasteiger partial charge on any atom is 0.236 e. The summed E-state index contributed by atoms with van der Waals surface area (Å²) in [6.45, 7) is 5.19. The number of primary amides is 1. The van der Waals surface area contributed by atoms with Crippen LogP contribution in [0.2, 0.25) is 0 Å². The lowest BCUT2D eigenvalue weighted by atomic mass is 9.96. The van der Waals surface area contributed by atoms with Crippen LogP contribution >= 0.6 is 15.9 Å². The molecule has 0 bridgehead atoms. The number of hydrogen-bond donors (Lipinski definition) is 1. The van der Waals surface area contributed by atoms with Gasteiger partial charge in [-0.3, -0.25) is 9.59 Å². The number of carbonyl (C=O) groups is 2. The van der Waals surface area contributed by atoms with Crippen molar-refractivity contribution in [1.82, 2.24) is 4.90 Å². The van der Waals surface area contributed by atoms with E-state index in [4.69, 9.17) is 5.73 Å². The first-order valence-electron chi connectivity index (χ1n) is 5.65. The molecule has 4 nitrogen and oxygen atoms in total. The zero-order chi connectivity index (χ0) is 12.3. The van der Waals surface area contributed by atoms with Crippen LogP contribution in [0.25, 0.3) is 0 Å². The monoisotopic (exact) mass is 290 g/mol. The van der Waals surface area contributed by atoms with Crippen LogP contribution in [0.5, 0.6) is 0 Å². The molecule has 0 aromatic rings. The lowest BCUT2D eigenvalue weighted by molar-refractivity contribution is -0.134. The van der Waals surface area contributed by atoms with E-state index < -0.39 is 0 Å². The second-order valence-corrected chi connectivity index (χ2v) is 5.66. The summed E-state index contributed by atoms with van der Waals surface area (Å²) in [5.74, 6) is -0.153. The summed E-state index contributed by atoms with van der Waals surface area (Å²) >= 11 is 3.39. The van der Waals surface area contributed by atoms with Gasteiger partial charge in [0.15, 0.2) is 0 Å². The Morgan fingerprint density at radius 1 is 1.44 bits per heavy atom. The van der Waals surface area contributed by atoms with Gasteiger partial charge in [0.2, 0.25) is 11.8 Å². The number of rotatable bonds is 3. The molecule has 0 aromatic carbocycles. The van der Waals surface area contributed by atoms with E-state index in [0.717, 1.165) is 19.4 Å². The summed E-state index contributed by atoms with van der Waals surface area (Å²) in [6.07, 6.45) is 1.66. The summed E-state index contributed by atoms with van der Waals surface area (Å²) < 4.78 is 0. The third-order valence-electron chi connectivity index (χ3n) is 2.96. The first-order valence-corrected chi connectivity index (χ1v) is 6.57. The van der Waals surface area contributed by atoms with E-state index in [0.29, 0.717) is 6.54 Å². The number of halogens is 1. The number of piperidine rings is 1. The van der Waals surface area contributed by atoms with E-state index in [1.54, 1.807) is 4.90 Å². The lowest BCUT2D eigenvalue weighted by Crippen LogP contribution is -2.47. The van der Waals surface area contributed by atoms with Crippen LogP contribution in [0, 0.1) is 11.8 Å². The highest BCUT2D eigenvalue weighted by atomic mass is 79.9. The second-order valence-electron chi connectivity index (χ2n) is 4.67. The quantitative estimate of drug-likeness (QED) is 0.792. The highest BCUT2D eigenvalue weighted by molar-refractivity contribution is 9.10. The van der Waals surface area contributed by atoms with Crippen molar-refractivity contribution in [3.63, 3.8) is 0 Å². The maximum absolute atomic E-state index is 12.0. The van der Waals surface area contributed by atoms with Gasteiger partial charge in [-0.15, -0.1) is 0 Å². The molecule has 1 saturated heterocycles. The van der Waals surface area contributed by atoms with Crippen molar-refractivity contribution in [1.29, 1.82) is 0 Å². The molecule has 16 heavy (non-hydrogen) atoms.